The van der Waals surface area contributed by atoms with Gasteiger partial charge in [0, 0.05) is 32.6 Å². The highest BCUT2D eigenvalue weighted by Crippen LogP contribution is 2.07. The summed E-state index contributed by atoms with van der Waals surface area (Å²) >= 11 is 0. The first-order chi connectivity index (χ1) is 8.15. The van der Waals surface area contributed by atoms with E-state index in [1.807, 2.05) is 0 Å². The Bertz CT molecular complexity index is 375. The number of piperazine rings is 1. The molecule has 0 radical (unpaired) electrons. The summed E-state index contributed by atoms with van der Waals surface area (Å²) in [5.41, 5.74) is 2.51. The predicted octanol–water partition coefficient (Wildman–Crippen LogP) is 1.76. The monoisotopic (exact) mass is 231 g/mol. The lowest BCUT2D eigenvalue weighted by Gasteiger charge is -2.34. The molecule has 17 heavy (non-hydrogen) atoms. The molecule has 0 atom stereocenters. The van der Waals surface area contributed by atoms with Crippen molar-refractivity contribution in [2.24, 2.45) is 0 Å². The van der Waals surface area contributed by atoms with Gasteiger partial charge < -0.3 is 9.80 Å². The van der Waals surface area contributed by atoms with Gasteiger partial charge in [-0.25, -0.2) is 0 Å². The van der Waals surface area contributed by atoms with Gasteiger partial charge in [0.05, 0.1) is 0 Å². The Hall–Kier alpha value is -1.35. The molecule has 3 heteroatoms. The molecule has 1 fully saturated rings. The van der Waals surface area contributed by atoms with Crippen molar-refractivity contribution in [2.75, 3.05) is 33.2 Å². The minimum atomic E-state index is 0.752. The van der Waals surface area contributed by atoms with E-state index in [2.05, 4.69) is 48.0 Å². The van der Waals surface area contributed by atoms with Crippen LogP contribution in [0.15, 0.2) is 24.3 Å². The van der Waals surface area contributed by atoms with Crippen molar-refractivity contribution >= 4 is 5.84 Å². The third kappa shape index (κ3) is 3.30. The first-order valence-corrected chi connectivity index (χ1v) is 6.21. The van der Waals surface area contributed by atoms with Crippen LogP contribution in [0.2, 0.25) is 0 Å². The second kappa shape index (κ2) is 5.32. The van der Waals surface area contributed by atoms with Crippen molar-refractivity contribution in [3.05, 3.63) is 35.4 Å². The topological polar surface area (TPSA) is 30.3 Å². The number of hydrogen-bond donors (Lipinski definition) is 1. The van der Waals surface area contributed by atoms with Gasteiger partial charge in [-0.15, -0.1) is 0 Å². The van der Waals surface area contributed by atoms with E-state index < -0.39 is 0 Å². The van der Waals surface area contributed by atoms with Crippen molar-refractivity contribution in [1.29, 1.82) is 5.41 Å². The quantitative estimate of drug-likeness (QED) is 0.621. The molecule has 2 rings (SSSR count). The third-order valence-electron chi connectivity index (χ3n) is 3.38. The molecule has 1 saturated heterocycles. The summed E-state index contributed by atoms with van der Waals surface area (Å²) in [6, 6.07) is 8.49. The highest BCUT2D eigenvalue weighted by molar-refractivity contribution is 5.81. The van der Waals surface area contributed by atoms with Crippen LogP contribution in [0, 0.1) is 12.3 Å². The lowest BCUT2D eigenvalue weighted by atomic mass is 10.1. The molecule has 0 aromatic heterocycles. The normalized spacial score (nSPS) is 17.2. The molecule has 0 aliphatic carbocycles. The minimum absolute atomic E-state index is 0.752. The SMILES string of the molecule is Cc1ccc(CC(=N)N2CCN(C)CC2)cc1. The van der Waals surface area contributed by atoms with E-state index in [-0.39, 0.29) is 0 Å². The van der Waals surface area contributed by atoms with Crippen LogP contribution in [-0.4, -0.2) is 48.9 Å². The first kappa shape index (κ1) is 12.1. The van der Waals surface area contributed by atoms with Crippen LogP contribution in [-0.2, 0) is 6.42 Å². The van der Waals surface area contributed by atoms with Gasteiger partial charge in [-0.1, -0.05) is 29.8 Å². The van der Waals surface area contributed by atoms with Crippen molar-refractivity contribution in [1.82, 2.24) is 9.80 Å². The second-order valence-electron chi connectivity index (χ2n) is 4.90. The maximum Gasteiger partial charge on any atom is 0.100 e. The zero-order valence-corrected chi connectivity index (χ0v) is 10.7. The number of nitrogens with one attached hydrogen (secondary N) is 1. The van der Waals surface area contributed by atoms with Gasteiger partial charge >= 0.3 is 0 Å². The molecule has 0 amide bonds. The lowest BCUT2D eigenvalue weighted by molar-refractivity contribution is 0.213. The van der Waals surface area contributed by atoms with E-state index >= 15 is 0 Å². The summed E-state index contributed by atoms with van der Waals surface area (Å²) in [6.07, 6.45) is 0.754. The Kier molecular flexibility index (Phi) is 3.79. The van der Waals surface area contributed by atoms with Crippen molar-refractivity contribution in [3.63, 3.8) is 0 Å². The highest BCUT2D eigenvalue weighted by atomic mass is 15.3. The van der Waals surface area contributed by atoms with E-state index in [9.17, 15) is 0 Å². The van der Waals surface area contributed by atoms with Crippen LogP contribution in [0.25, 0.3) is 0 Å². The summed E-state index contributed by atoms with van der Waals surface area (Å²) in [4.78, 5) is 4.51. The standard InChI is InChI=1S/C14H21N3/c1-12-3-5-13(6-4-12)11-14(15)17-9-7-16(2)8-10-17/h3-6,15H,7-11H2,1-2H3. The Balaban J connectivity index is 1.90. The first-order valence-electron chi connectivity index (χ1n) is 6.21. The second-order valence-corrected chi connectivity index (χ2v) is 4.90. The molecule has 1 heterocycles. The van der Waals surface area contributed by atoms with Gasteiger partial charge in [-0.3, -0.25) is 5.41 Å². The van der Waals surface area contributed by atoms with Gasteiger partial charge in [0.2, 0.25) is 0 Å². The molecule has 0 bridgehead atoms. The van der Waals surface area contributed by atoms with Gasteiger partial charge in [-0.05, 0) is 19.5 Å². The average Bonchev–Trinajstić information content (AvgIpc) is 2.33. The Labute approximate surface area is 104 Å². The smallest absolute Gasteiger partial charge is 0.100 e. The predicted molar refractivity (Wildman–Crippen MR) is 71.7 cm³/mol. The number of likely N-dealkylation sites (N-methyl/N-ethyl adjacent to an activating group) is 1. The molecule has 1 aromatic rings. The number of nitrogens with zero attached hydrogens (tertiary/aromatic N) is 2. The van der Waals surface area contributed by atoms with E-state index in [0.29, 0.717) is 0 Å². The molecule has 1 aliphatic rings. The Morgan fingerprint density at radius 1 is 1.12 bits per heavy atom. The summed E-state index contributed by atoms with van der Waals surface area (Å²) in [6.45, 7) is 6.20. The van der Waals surface area contributed by atoms with Crippen LogP contribution < -0.4 is 0 Å². The van der Waals surface area contributed by atoms with Crippen LogP contribution in [0.1, 0.15) is 11.1 Å². The number of rotatable bonds is 2. The Morgan fingerprint density at radius 2 is 1.71 bits per heavy atom. The minimum Gasteiger partial charge on any atom is -0.358 e. The lowest BCUT2D eigenvalue weighted by Crippen LogP contribution is -2.47. The summed E-state index contributed by atoms with van der Waals surface area (Å²) in [7, 11) is 2.14. The van der Waals surface area contributed by atoms with E-state index in [1.165, 1.54) is 11.1 Å². The molecule has 92 valence electrons. The largest absolute Gasteiger partial charge is 0.358 e. The molecule has 0 saturated carbocycles. The highest BCUT2D eigenvalue weighted by Gasteiger charge is 2.16. The molecule has 1 aliphatic heterocycles. The maximum absolute atomic E-state index is 8.15. The molecule has 1 aromatic carbocycles. The van der Waals surface area contributed by atoms with Crippen molar-refractivity contribution in [2.45, 2.75) is 13.3 Å². The molecule has 0 spiro atoms. The summed E-state index contributed by atoms with van der Waals surface area (Å²) in [5.74, 6) is 0.752. The molecule has 0 unspecified atom stereocenters. The maximum atomic E-state index is 8.15. The molecular weight excluding hydrogens is 210 g/mol. The molecule has 1 N–H and O–H groups in total. The van der Waals surface area contributed by atoms with Gasteiger partial charge in [0.15, 0.2) is 0 Å². The summed E-state index contributed by atoms with van der Waals surface area (Å²) in [5, 5.41) is 8.15. The van der Waals surface area contributed by atoms with E-state index in [1.54, 1.807) is 0 Å². The fourth-order valence-corrected chi connectivity index (χ4v) is 2.09. The van der Waals surface area contributed by atoms with Crippen molar-refractivity contribution < 1.29 is 0 Å². The van der Waals surface area contributed by atoms with Crippen LogP contribution in [0.4, 0.5) is 0 Å². The number of amidine groups is 1. The van der Waals surface area contributed by atoms with E-state index in [0.717, 1.165) is 38.4 Å². The van der Waals surface area contributed by atoms with Crippen molar-refractivity contribution in [3.8, 4) is 0 Å². The van der Waals surface area contributed by atoms with Crippen LogP contribution in [0.3, 0.4) is 0 Å². The zero-order valence-electron chi connectivity index (χ0n) is 10.7. The fraction of sp³-hybridized carbons (Fsp3) is 0.500. The fourth-order valence-electron chi connectivity index (χ4n) is 2.09. The third-order valence-corrected chi connectivity index (χ3v) is 3.38. The van der Waals surface area contributed by atoms with Gasteiger partial charge in [0.25, 0.3) is 0 Å². The average molecular weight is 231 g/mol. The van der Waals surface area contributed by atoms with Gasteiger partial charge in [-0.2, -0.15) is 0 Å². The van der Waals surface area contributed by atoms with Gasteiger partial charge in [0.1, 0.15) is 5.84 Å². The number of hydrogen-bond acceptors (Lipinski definition) is 2. The van der Waals surface area contributed by atoms with E-state index in [4.69, 9.17) is 5.41 Å². The molecular formula is C14H21N3. The summed E-state index contributed by atoms with van der Waals surface area (Å²) < 4.78 is 0. The number of benzene rings is 1. The van der Waals surface area contributed by atoms with Crippen LogP contribution >= 0.6 is 0 Å². The molecule has 3 nitrogen and oxygen atoms in total. The zero-order chi connectivity index (χ0) is 12.3. The Morgan fingerprint density at radius 3 is 2.29 bits per heavy atom. The van der Waals surface area contributed by atoms with Crippen LogP contribution in [0.5, 0.6) is 0 Å². The number of aryl methyl sites for hydroxylation is 1.